The SMILES string of the molecule is CCCOc1ccc2ccccc2c1/C=N\NC(=O)C(=O)NC[C@H]1CCCO1. The molecule has 0 spiro atoms. The maximum atomic E-state index is 11.9. The van der Waals surface area contributed by atoms with E-state index in [9.17, 15) is 9.59 Å². The molecule has 28 heavy (non-hydrogen) atoms. The van der Waals surface area contributed by atoms with Gasteiger partial charge in [-0.05, 0) is 36.1 Å². The lowest BCUT2D eigenvalue weighted by Gasteiger charge is -2.11. The zero-order valence-corrected chi connectivity index (χ0v) is 15.9. The van der Waals surface area contributed by atoms with Crippen LogP contribution in [0.5, 0.6) is 5.75 Å². The number of benzene rings is 2. The Kier molecular flexibility index (Phi) is 6.97. The molecular formula is C21H25N3O4. The third-order valence-corrected chi connectivity index (χ3v) is 4.47. The highest BCUT2D eigenvalue weighted by Gasteiger charge is 2.19. The summed E-state index contributed by atoms with van der Waals surface area (Å²) in [5, 5.41) is 8.52. The molecule has 0 aliphatic carbocycles. The van der Waals surface area contributed by atoms with E-state index in [1.165, 1.54) is 6.21 Å². The van der Waals surface area contributed by atoms with Gasteiger partial charge in [-0.3, -0.25) is 9.59 Å². The van der Waals surface area contributed by atoms with Gasteiger partial charge in [0, 0.05) is 18.7 Å². The highest BCUT2D eigenvalue weighted by atomic mass is 16.5. The quantitative estimate of drug-likeness (QED) is 0.436. The number of ether oxygens (including phenoxy) is 2. The Morgan fingerprint density at radius 2 is 2.11 bits per heavy atom. The van der Waals surface area contributed by atoms with Gasteiger partial charge in [-0.25, -0.2) is 5.43 Å². The van der Waals surface area contributed by atoms with E-state index >= 15 is 0 Å². The maximum Gasteiger partial charge on any atom is 0.329 e. The van der Waals surface area contributed by atoms with E-state index < -0.39 is 11.8 Å². The zero-order chi connectivity index (χ0) is 19.8. The number of fused-ring (bicyclic) bond motifs is 1. The van der Waals surface area contributed by atoms with E-state index in [-0.39, 0.29) is 6.10 Å². The predicted molar refractivity (Wildman–Crippen MR) is 107 cm³/mol. The highest BCUT2D eigenvalue weighted by molar-refractivity contribution is 6.35. The fraction of sp³-hybridized carbons (Fsp3) is 0.381. The Hall–Kier alpha value is -2.93. The van der Waals surface area contributed by atoms with Crippen LogP contribution in [0.3, 0.4) is 0 Å². The van der Waals surface area contributed by atoms with Crippen molar-refractivity contribution in [1.82, 2.24) is 10.7 Å². The third-order valence-electron chi connectivity index (χ3n) is 4.47. The van der Waals surface area contributed by atoms with Crippen LogP contribution in [-0.2, 0) is 14.3 Å². The molecule has 0 aromatic heterocycles. The molecule has 1 fully saturated rings. The molecule has 0 saturated carbocycles. The van der Waals surface area contributed by atoms with Crippen LogP contribution in [0, 0.1) is 0 Å². The second-order valence-electron chi connectivity index (χ2n) is 6.59. The highest BCUT2D eigenvalue weighted by Crippen LogP contribution is 2.26. The van der Waals surface area contributed by atoms with Crippen molar-refractivity contribution in [2.24, 2.45) is 5.10 Å². The Balaban J connectivity index is 1.65. The number of hydrazone groups is 1. The molecule has 3 rings (SSSR count). The molecule has 2 N–H and O–H groups in total. The van der Waals surface area contributed by atoms with Gasteiger partial charge in [0.15, 0.2) is 0 Å². The molecular weight excluding hydrogens is 358 g/mol. The lowest BCUT2D eigenvalue weighted by molar-refractivity contribution is -0.139. The van der Waals surface area contributed by atoms with Crippen LogP contribution < -0.4 is 15.5 Å². The first-order valence-corrected chi connectivity index (χ1v) is 9.56. The molecule has 2 aromatic carbocycles. The lowest BCUT2D eigenvalue weighted by atomic mass is 10.0. The first kappa shape index (κ1) is 19.8. The van der Waals surface area contributed by atoms with Gasteiger partial charge < -0.3 is 14.8 Å². The van der Waals surface area contributed by atoms with Gasteiger partial charge >= 0.3 is 11.8 Å². The number of hydrogen-bond acceptors (Lipinski definition) is 5. The largest absolute Gasteiger partial charge is 0.493 e. The van der Waals surface area contributed by atoms with Gasteiger partial charge in [-0.1, -0.05) is 37.3 Å². The van der Waals surface area contributed by atoms with Crippen molar-refractivity contribution >= 4 is 28.8 Å². The van der Waals surface area contributed by atoms with E-state index in [2.05, 4.69) is 15.8 Å². The standard InChI is InChI=1S/C21H25N3O4/c1-2-11-28-19-10-9-15-6-3-4-8-17(15)18(19)14-23-24-21(26)20(25)22-13-16-7-5-12-27-16/h3-4,6,8-10,14,16H,2,5,7,11-13H2,1H3,(H,22,25)(H,24,26)/b23-14-/t16-/m1/s1. The number of rotatable bonds is 7. The summed E-state index contributed by atoms with van der Waals surface area (Å²) in [4.78, 5) is 23.8. The van der Waals surface area contributed by atoms with Gasteiger partial charge in [0.2, 0.25) is 0 Å². The Bertz CT molecular complexity index is 860. The fourth-order valence-electron chi connectivity index (χ4n) is 3.05. The Morgan fingerprint density at radius 3 is 2.89 bits per heavy atom. The minimum absolute atomic E-state index is 0.0193. The summed E-state index contributed by atoms with van der Waals surface area (Å²) in [5.41, 5.74) is 3.03. The first-order chi connectivity index (χ1) is 13.7. The van der Waals surface area contributed by atoms with Gasteiger partial charge in [0.05, 0.1) is 18.9 Å². The number of amides is 2. The second-order valence-corrected chi connectivity index (χ2v) is 6.59. The van der Waals surface area contributed by atoms with E-state index in [0.29, 0.717) is 25.5 Å². The minimum atomic E-state index is -0.814. The van der Waals surface area contributed by atoms with Gasteiger partial charge in [-0.2, -0.15) is 5.10 Å². The topological polar surface area (TPSA) is 89.0 Å². The summed E-state index contributed by atoms with van der Waals surface area (Å²) < 4.78 is 11.2. The number of nitrogens with one attached hydrogen (secondary N) is 2. The van der Waals surface area contributed by atoms with Crippen LogP contribution >= 0.6 is 0 Å². The molecule has 2 amide bonds. The fourth-order valence-corrected chi connectivity index (χ4v) is 3.05. The van der Waals surface area contributed by atoms with Crippen LogP contribution in [-0.4, -0.2) is 43.9 Å². The van der Waals surface area contributed by atoms with E-state index in [0.717, 1.165) is 35.6 Å². The summed E-state index contributed by atoms with van der Waals surface area (Å²) >= 11 is 0. The molecule has 1 aliphatic heterocycles. The van der Waals surface area contributed by atoms with Crippen LogP contribution in [0.2, 0.25) is 0 Å². The lowest BCUT2D eigenvalue weighted by Crippen LogP contribution is -2.41. The van der Waals surface area contributed by atoms with Crippen molar-refractivity contribution in [3.05, 3.63) is 42.0 Å². The van der Waals surface area contributed by atoms with Crippen molar-refractivity contribution in [3.63, 3.8) is 0 Å². The average molecular weight is 383 g/mol. The van der Waals surface area contributed by atoms with Crippen LogP contribution in [0.25, 0.3) is 10.8 Å². The van der Waals surface area contributed by atoms with Crippen LogP contribution in [0.4, 0.5) is 0 Å². The predicted octanol–water partition coefficient (Wildman–Crippen LogP) is 2.37. The van der Waals surface area contributed by atoms with Crippen molar-refractivity contribution in [3.8, 4) is 5.75 Å². The average Bonchev–Trinajstić information content (AvgIpc) is 3.24. The second kappa shape index (κ2) is 9.85. The summed E-state index contributed by atoms with van der Waals surface area (Å²) in [7, 11) is 0. The summed E-state index contributed by atoms with van der Waals surface area (Å²) in [5.74, 6) is -0.861. The molecule has 1 heterocycles. The first-order valence-electron chi connectivity index (χ1n) is 9.56. The molecule has 2 aromatic rings. The molecule has 1 aliphatic rings. The van der Waals surface area contributed by atoms with E-state index in [1.54, 1.807) is 0 Å². The normalized spacial score (nSPS) is 16.4. The molecule has 148 valence electrons. The molecule has 1 saturated heterocycles. The van der Waals surface area contributed by atoms with Gasteiger partial charge in [-0.15, -0.1) is 0 Å². The number of carbonyl (C=O) groups excluding carboxylic acids is 2. The Morgan fingerprint density at radius 1 is 1.25 bits per heavy atom. The molecule has 1 atom stereocenters. The summed E-state index contributed by atoms with van der Waals surface area (Å²) in [6.07, 6.45) is 4.24. The van der Waals surface area contributed by atoms with Crippen molar-refractivity contribution in [1.29, 1.82) is 0 Å². The molecule has 0 unspecified atom stereocenters. The minimum Gasteiger partial charge on any atom is -0.493 e. The third kappa shape index (κ3) is 5.07. The van der Waals surface area contributed by atoms with Gasteiger partial charge in [0.25, 0.3) is 0 Å². The maximum absolute atomic E-state index is 11.9. The molecule has 0 radical (unpaired) electrons. The molecule has 7 nitrogen and oxygen atoms in total. The number of nitrogens with zero attached hydrogens (tertiary/aromatic N) is 1. The summed E-state index contributed by atoms with van der Waals surface area (Å²) in [6.45, 7) is 3.64. The van der Waals surface area contributed by atoms with Gasteiger partial charge in [0.1, 0.15) is 5.75 Å². The zero-order valence-electron chi connectivity index (χ0n) is 15.9. The van der Waals surface area contributed by atoms with Crippen molar-refractivity contribution in [2.75, 3.05) is 19.8 Å². The van der Waals surface area contributed by atoms with E-state index in [4.69, 9.17) is 9.47 Å². The molecule has 0 bridgehead atoms. The van der Waals surface area contributed by atoms with E-state index in [1.807, 2.05) is 43.3 Å². The monoisotopic (exact) mass is 383 g/mol. The smallest absolute Gasteiger partial charge is 0.329 e. The number of hydrogen-bond donors (Lipinski definition) is 2. The van der Waals surface area contributed by atoms with Crippen LogP contribution in [0.15, 0.2) is 41.5 Å². The van der Waals surface area contributed by atoms with Crippen LogP contribution in [0.1, 0.15) is 31.7 Å². The van der Waals surface area contributed by atoms with Crippen molar-refractivity contribution < 1.29 is 19.1 Å². The van der Waals surface area contributed by atoms with Crippen molar-refractivity contribution in [2.45, 2.75) is 32.3 Å². The molecule has 7 heteroatoms. The summed E-state index contributed by atoms with van der Waals surface area (Å²) in [6, 6.07) is 11.7. The number of carbonyl (C=O) groups is 2. The Labute approximate surface area is 164 Å².